The highest BCUT2D eigenvalue weighted by atomic mass is 14.4. The molecule has 0 saturated carbocycles. The largest absolute Gasteiger partial charge is 0.0619 e. The smallest absolute Gasteiger partial charge is 0.0158 e. The third kappa shape index (κ3) is 3.88. The minimum atomic E-state index is 0.0221. The highest BCUT2D eigenvalue weighted by Gasteiger charge is 2.35. The zero-order valence-electron chi connectivity index (χ0n) is 26.5. The Labute approximate surface area is 274 Å². The number of hydrogen-bond donors (Lipinski definition) is 0. The van der Waals surface area contributed by atoms with Crippen molar-refractivity contribution >= 4 is 53.9 Å². The van der Waals surface area contributed by atoms with Crippen molar-refractivity contribution in [2.75, 3.05) is 0 Å². The van der Waals surface area contributed by atoms with Gasteiger partial charge in [0.05, 0.1) is 0 Å². The van der Waals surface area contributed by atoms with E-state index in [4.69, 9.17) is 0 Å². The molecule has 0 aliphatic heterocycles. The van der Waals surface area contributed by atoms with Crippen LogP contribution in [0.15, 0.2) is 158 Å². The van der Waals surface area contributed by atoms with Gasteiger partial charge >= 0.3 is 0 Å². The summed E-state index contributed by atoms with van der Waals surface area (Å²) < 4.78 is 0. The molecule has 1 aliphatic rings. The maximum Gasteiger partial charge on any atom is 0.0158 e. The average Bonchev–Trinajstić information content (AvgIpc) is 3.36. The van der Waals surface area contributed by atoms with Crippen LogP contribution in [-0.4, -0.2) is 0 Å². The van der Waals surface area contributed by atoms with Gasteiger partial charge < -0.3 is 0 Å². The maximum atomic E-state index is 2.40. The molecule has 220 valence electrons. The van der Waals surface area contributed by atoms with Gasteiger partial charge in [-0.15, -0.1) is 0 Å². The van der Waals surface area contributed by atoms with Crippen LogP contribution in [0.1, 0.15) is 25.0 Å². The molecule has 0 unspecified atom stereocenters. The van der Waals surface area contributed by atoms with Crippen LogP contribution in [-0.2, 0) is 5.41 Å². The zero-order valence-corrected chi connectivity index (χ0v) is 26.5. The van der Waals surface area contributed by atoms with E-state index in [2.05, 4.69) is 172 Å². The first-order chi connectivity index (χ1) is 23.0. The molecule has 1 aliphatic carbocycles. The molecule has 0 bridgehead atoms. The minimum Gasteiger partial charge on any atom is -0.0619 e. The molecule has 9 aromatic rings. The van der Waals surface area contributed by atoms with E-state index >= 15 is 0 Å². The van der Waals surface area contributed by atoms with Crippen molar-refractivity contribution in [3.8, 4) is 33.4 Å². The fourth-order valence-corrected chi connectivity index (χ4v) is 8.32. The summed E-state index contributed by atoms with van der Waals surface area (Å²) in [7, 11) is 0. The van der Waals surface area contributed by atoms with Crippen molar-refractivity contribution in [2.45, 2.75) is 19.3 Å². The number of hydrogen-bond acceptors (Lipinski definition) is 0. The summed E-state index contributed by atoms with van der Waals surface area (Å²) in [5, 5.41) is 12.9. The molecule has 0 fully saturated rings. The first-order valence-electron chi connectivity index (χ1n) is 16.6. The highest BCUT2D eigenvalue weighted by Crippen LogP contribution is 2.49. The number of rotatable bonds is 2. The lowest BCUT2D eigenvalue weighted by Crippen LogP contribution is -2.14. The molecule has 47 heavy (non-hydrogen) atoms. The summed E-state index contributed by atoms with van der Waals surface area (Å²) in [4.78, 5) is 0. The third-order valence-corrected chi connectivity index (χ3v) is 10.8. The van der Waals surface area contributed by atoms with E-state index in [9.17, 15) is 0 Å². The second-order valence-corrected chi connectivity index (χ2v) is 13.8. The van der Waals surface area contributed by atoms with E-state index in [-0.39, 0.29) is 5.41 Å². The lowest BCUT2D eigenvalue weighted by Gasteiger charge is -2.21. The summed E-state index contributed by atoms with van der Waals surface area (Å²) in [6.45, 7) is 4.69. The van der Waals surface area contributed by atoms with Crippen molar-refractivity contribution in [2.24, 2.45) is 0 Å². The Morgan fingerprint density at radius 3 is 1.57 bits per heavy atom. The Morgan fingerprint density at radius 2 is 0.766 bits per heavy atom. The van der Waals surface area contributed by atoms with Gasteiger partial charge in [-0.1, -0.05) is 147 Å². The molecular weight excluding hydrogens is 565 g/mol. The van der Waals surface area contributed by atoms with Crippen molar-refractivity contribution in [3.63, 3.8) is 0 Å². The zero-order chi connectivity index (χ0) is 31.3. The molecular formula is C47H32. The fraction of sp³-hybridized carbons (Fsp3) is 0.0638. The Bertz CT molecular complexity index is 2760. The number of fused-ring (bicyclic) bond motifs is 11. The Kier molecular flexibility index (Phi) is 5.44. The summed E-state index contributed by atoms with van der Waals surface area (Å²) >= 11 is 0. The van der Waals surface area contributed by atoms with Gasteiger partial charge in [-0.05, 0) is 123 Å². The summed E-state index contributed by atoms with van der Waals surface area (Å²) in [5.74, 6) is 0. The monoisotopic (exact) mass is 596 g/mol. The fourth-order valence-electron chi connectivity index (χ4n) is 8.32. The van der Waals surface area contributed by atoms with E-state index in [1.54, 1.807) is 0 Å². The molecule has 9 aromatic carbocycles. The van der Waals surface area contributed by atoms with Gasteiger partial charge in [-0.3, -0.25) is 0 Å². The van der Waals surface area contributed by atoms with Crippen LogP contribution in [0.3, 0.4) is 0 Å². The second kappa shape index (κ2) is 9.64. The van der Waals surface area contributed by atoms with Gasteiger partial charge in [0.15, 0.2) is 0 Å². The predicted molar refractivity (Wildman–Crippen MR) is 202 cm³/mol. The van der Waals surface area contributed by atoms with E-state index in [1.165, 1.54) is 98.4 Å². The Hall–Kier alpha value is -5.72. The standard InChI is InChI=1S/C47H32/c1-47(2)45-10-6-5-9-41(45)44-28-35(20-24-46(44)47)34-15-11-30-13-16-36-25-32(19-21-38(36)42(30)26-34)33-14-12-31-18-22-39-37-8-4-3-7-29(37)17-23-40(39)43(31)27-33/h3-28H,1-2H3. The summed E-state index contributed by atoms with van der Waals surface area (Å²) in [6, 6.07) is 59.1. The molecule has 0 heterocycles. The van der Waals surface area contributed by atoms with Crippen LogP contribution in [0.25, 0.3) is 87.2 Å². The molecule has 0 atom stereocenters. The predicted octanol–water partition coefficient (Wildman–Crippen LogP) is 13.1. The molecule has 10 rings (SSSR count). The maximum absolute atomic E-state index is 2.40. The molecule has 0 spiro atoms. The van der Waals surface area contributed by atoms with Crippen LogP contribution in [0, 0.1) is 0 Å². The summed E-state index contributed by atoms with van der Waals surface area (Å²) in [5.41, 5.74) is 10.6. The van der Waals surface area contributed by atoms with Gasteiger partial charge in [-0.25, -0.2) is 0 Å². The topological polar surface area (TPSA) is 0 Å². The van der Waals surface area contributed by atoms with Crippen molar-refractivity contribution in [1.29, 1.82) is 0 Å². The minimum absolute atomic E-state index is 0.0221. The van der Waals surface area contributed by atoms with Gasteiger partial charge in [0.25, 0.3) is 0 Å². The van der Waals surface area contributed by atoms with Crippen molar-refractivity contribution in [3.05, 3.63) is 169 Å². The first-order valence-corrected chi connectivity index (χ1v) is 16.6. The highest BCUT2D eigenvalue weighted by molar-refractivity contribution is 6.18. The van der Waals surface area contributed by atoms with Gasteiger partial charge in [0, 0.05) is 5.41 Å². The first kappa shape index (κ1) is 26.5. The van der Waals surface area contributed by atoms with Crippen LogP contribution < -0.4 is 0 Å². The molecule has 0 radical (unpaired) electrons. The van der Waals surface area contributed by atoms with Gasteiger partial charge in [-0.2, -0.15) is 0 Å². The van der Waals surface area contributed by atoms with Crippen molar-refractivity contribution < 1.29 is 0 Å². The van der Waals surface area contributed by atoms with Crippen LogP contribution >= 0.6 is 0 Å². The lowest BCUT2D eigenvalue weighted by atomic mass is 9.82. The molecule has 0 amide bonds. The van der Waals surface area contributed by atoms with Crippen LogP contribution in [0.5, 0.6) is 0 Å². The Balaban J connectivity index is 1.08. The summed E-state index contributed by atoms with van der Waals surface area (Å²) in [6.07, 6.45) is 0. The average molecular weight is 597 g/mol. The SMILES string of the molecule is CC1(C)c2ccccc2-c2cc(-c3ccc4ccc5cc(-c6ccc7ccc8c9ccccc9ccc8c7c6)ccc5c4c3)ccc21. The molecule has 0 nitrogen and oxygen atoms in total. The van der Waals surface area contributed by atoms with Crippen LogP contribution in [0.2, 0.25) is 0 Å². The van der Waals surface area contributed by atoms with E-state index < -0.39 is 0 Å². The Morgan fingerprint density at radius 1 is 0.298 bits per heavy atom. The van der Waals surface area contributed by atoms with E-state index in [0.29, 0.717) is 0 Å². The quantitative estimate of drug-likeness (QED) is 0.174. The number of benzene rings is 9. The van der Waals surface area contributed by atoms with E-state index in [0.717, 1.165) is 0 Å². The van der Waals surface area contributed by atoms with Gasteiger partial charge in [0.1, 0.15) is 0 Å². The van der Waals surface area contributed by atoms with E-state index in [1.807, 2.05) is 0 Å². The second-order valence-electron chi connectivity index (χ2n) is 13.8. The van der Waals surface area contributed by atoms with Crippen LogP contribution in [0.4, 0.5) is 0 Å². The van der Waals surface area contributed by atoms with Gasteiger partial charge in [0.2, 0.25) is 0 Å². The molecule has 0 N–H and O–H groups in total. The van der Waals surface area contributed by atoms with Crippen molar-refractivity contribution in [1.82, 2.24) is 0 Å². The lowest BCUT2D eigenvalue weighted by molar-refractivity contribution is 0.660. The normalized spacial score (nSPS) is 13.5. The molecule has 0 heteroatoms. The third-order valence-electron chi connectivity index (χ3n) is 10.8. The molecule has 0 saturated heterocycles. The molecule has 0 aromatic heterocycles.